The zero-order valence-corrected chi connectivity index (χ0v) is 10.8. The van der Waals surface area contributed by atoms with Gasteiger partial charge in [-0.3, -0.25) is 9.82 Å². The lowest BCUT2D eigenvalue weighted by Gasteiger charge is -2.08. The Morgan fingerprint density at radius 3 is 2.76 bits per heavy atom. The minimum atomic E-state index is -3.76. The largest absolute Gasteiger partial charge is 0.505 e. The summed E-state index contributed by atoms with van der Waals surface area (Å²) in [6.07, 6.45) is 1.33. The van der Waals surface area contributed by atoms with Crippen LogP contribution in [0, 0.1) is 0 Å². The van der Waals surface area contributed by atoms with Crippen molar-refractivity contribution in [1.82, 2.24) is 10.2 Å². The lowest BCUT2D eigenvalue weighted by atomic mass is 10.3. The van der Waals surface area contributed by atoms with E-state index in [1.807, 2.05) is 0 Å². The second kappa shape index (κ2) is 4.38. The van der Waals surface area contributed by atoms with E-state index in [1.54, 1.807) is 12.1 Å². The molecule has 17 heavy (non-hydrogen) atoms. The highest BCUT2D eigenvalue weighted by atomic mass is 79.9. The molecule has 1 aromatic carbocycles. The molecule has 1 aromatic heterocycles. The van der Waals surface area contributed by atoms with Crippen LogP contribution in [0.2, 0.25) is 0 Å². The number of para-hydroxylation sites is 1. The van der Waals surface area contributed by atoms with Crippen LogP contribution >= 0.6 is 15.9 Å². The third kappa shape index (κ3) is 2.42. The molecule has 0 spiro atoms. The van der Waals surface area contributed by atoms with Crippen molar-refractivity contribution in [2.24, 2.45) is 0 Å². The van der Waals surface area contributed by atoms with Gasteiger partial charge in [0.05, 0.1) is 16.4 Å². The maximum atomic E-state index is 11.8. The average Bonchev–Trinajstić information content (AvgIpc) is 2.78. The van der Waals surface area contributed by atoms with Gasteiger partial charge in [-0.15, -0.1) is 0 Å². The van der Waals surface area contributed by atoms with Gasteiger partial charge in [0, 0.05) is 0 Å². The van der Waals surface area contributed by atoms with Crippen molar-refractivity contribution in [3.63, 3.8) is 0 Å². The summed E-state index contributed by atoms with van der Waals surface area (Å²) in [5.74, 6) is -0.171. The summed E-state index contributed by atoms with van der Waals surface area (Å²) >= 11 is 3.10. The van der Waals surface area contributed by atoms with Gasteiger partial charge in [-0.2, -0.15) is 13.5 Å². The van der Waals surface area contributed by atoms with Gasteiger partial charge >= 0.3 is 0 Å². The van der Waals surface area contributed by atoms with Gasteiger partial charge in [0.2, 0.25) is 0 Å². The number of nitrogens with zero attached hydrogens (tertiary/aromatic N) is 1. The standard InChI is InChI=1S/C9H8BrN3O3S/c10-6-2-1-3-7(9(6)14)13-17(15,16)8-4-5-11-12-8/h1-5,13-14H,(H,11,12). The molecule has 90 valence electrons. The fourth-order valence-corrected chi connectivity index (χ4v) is 2.53. The SMILES string of the molecule is O=S(=O)(Nc1cccc(Br)c1O)c1ccn[nH]1. The van der Waals surface area contributed by atoms with Crippen LogP contribution < -0.4 is 4.72 Å². The van der Waals surface area contributed by atoms with Gasteiger partial charge in [0.1, 0.15) is 0 Å². The molecular formula is C9H8BrN3O3S. The van der Waals surface area contributed by atoms with Gasteiger partial charge in [-0.05, 0) is 34.1 Å². The molecule has 6 nitrogen and oxygen atoms in total. The summed E-state index contributed by atoms with van der Waals surface area (Å²) in [7, 11) is -3.76. The number of aromatic nitrogens is 2. The van der Waals surface area contributed by atoms with E-state index in [-0.39, 0.29) is 16.5 Å². The zero-order chi connectivity index (χ0) is 12.5. The van der Waals surface area contributed by atoms with Crippen molar-refractivity contribution in [2.75, 3.05) is 4.72 Å². The van der Waals surface area contributed by atoms with Crippen molar-refractivity contribution in [3.8, 4) is 5.75 Å². The summed E-state index contributed by atoms with van der Waals surface area (Å²) in [5.41, 5.74) is 0.0916. The first-order valence-electron chi connectivity index (χ1n) is 4.50. The summed E-state index contributed by atoms with van der Waals surface area (Å²) in [6.45, 7) is 0. The second-order valence-electron chi connectivity index (χ2n) is 3.16. The number of phenols is 1. The van der Waals surface area contributed by atoms with Crippen LogP contribution in [0.25, 0.3) is 0 Å². The van der Waals surface area contributed by atoms with Gasteiger partial charge < -0.3 is 5.11 Å². The predicted octanol–water partition coefficient (Wildman–Crippen LogP) is 1.68. The molecule has 8 heteroatoms. The molecule has 0 aliphatic carbocycles. The summed E-state index contributed by atoms with van der Waals surface area (Å²) < 4.78 is 26.3. The molecule has 0 unspecified atom stereocenters. The molecule has 2 rings (SSSR count). The number of halogens is 1. The fraction of sp³-hybridized carbons (Fsp3) is 0. The van der Waals surface area contributed by atoms with Crippen LogP contribution in [0.15, 0.2) is 40.0 Å². The third-order valence-corrected chi connectivity index (χ3v) is 3.93. The van der Waals surface area contributed by atoms with Gasteiger partial charge in [0.25, 0.3) is 10.0 Å². The average molecular weight is 318 g/mol. The lowest BCUT2D eigenvalue weighted by Crippen LogP contribution is -2.13. The molecule has 0 saturated heterocycles. The molecule has 3 N–H and O–H groups in total. The van der Waals surface area contributed by atoms with E-state index < -0.39 is 10.0 Å². The number of rotatable bonds is 3. The zero-order valence-electron chi connectivity index (χ0n) is 8.38. The topological polar surface area (TPSA) is 95.1 Å². The van der Waals surface area contributed by atoms with Crippen LogP contribution in [-0.4, -0.2) is 23.7 Å². The first kappa shape index (κ1) is 11.9. The third-order valence-electron chi connectivity index (χ3n) is 2.00. The fourth-order valence-electron chi connectivity index (χ4n) is 1.19. The number of anilines is 1. The van der Waals surface area contributed by atoms with Crippen molar-refractivity contribution in [1.29, 1.82) is 0 Å². The highest BCUT2D eigenvalue weighted by Crippen LogP contribution is 2.32. The van der Waals surface area contributed by atoms with E-state index in [9.17, 15) is 13.5 Å². The normalized spacial score (nSPS) is 11.4. The van der Waals surface area contributed by atoms with Crippen LogP contribution in [0.3, 0.4) is 0 Å². The number of aromatic amines is 1. The van der Waals surface area contributed by atoms with Gasteiger partial charge in [-0.1, -0.05) is 6.07 Å². The van der Waals surface area contributed by atoms with E-state index in [2.05, 4.69) is 30.8 Å². The van der Waals surface area contributed by atoms with Crippen LogP contribution in [0.1, 0.15) is 0 Å². The second-order valence-corrected chi connectivity index (χ2v) is 5.67. The van der Waals surface area contributed by atoms with E-state index in [0.29, 0.717) is 4.47 Å². The number of benzene rings is 1. The predicted molar refractivity (Wildman–Crippen MR) is 65.2 cm³/mol. The van der Waals surface area contributed by atoms with Crippen molar-refractivity contribution in [3.05, 3.63) is 34.9 Å². The minimum absolute atomic E-state index is 0.0723. The minimum Gasteiger partial charge on any atom is -0.505 e. The number of sulfonamides is 1. The van der Waals surface area contributed by atoms with E-state index in [1.165, 1.54) is 18.3 Å². The molecule has 0 radical (unpaired) electrons. The maximum absolute atomic E-state index is 11.8. The summed E-state index contributed by atoms with van der Waals surface area (Å²) in [6, 6.07) is 5.98. The molecule has 1 heterocycles. The molecule has 0 atom stereocenters. The van der Waals surface area contributed by atoms with Gasteiger partial charge in [0.15, 0.2) is 10.8 Å². The quantitative estimate of drug-likeness (QED) is 0.750. The Hall–Kier alpha value is -1.54. The molecule has 0 aliphatic rings. The first-order valence-corrected chi connectivity index (χ1v) is 6.78. The highest BCUT2D eigenvalue weighted by molar-refractivity contribution is 9.10. The smallest absolute Gasteiger partial charge is 0.278 e. The number of nitrogens with one attached hydrogen (secondary N) is 2. The molecule has 0 bridgehead atoms. The summed E-state index contributed by atoms with van der Waals surface area (Å²) in [5, 5.41) is 15.5. The van der Waals surface area contributed by atoms with Crippen LogP contribution in [-0.2, 0) is 10.0 Å². The number of hydrogen-bond acceptors (Lipinski definition) is 4. The van der Waals surface area contributed by atoms with E-state index in [4.69, 9.17) is 0 Å². The highest BCUT2D eigenvalue weighted by Gasteiger charge is 2.17. The Balaban J connectivity index is 2.37. The first-order chi connectivity index (χ1) is 8.00. The number of phenolic OH excluding ortho intramolecular Hbond substituents is 1. The molecule has 0 saturated carbocycles. The van der Waals surface area contributed by atoms with Gasteiger partial charge in [-0.25, -0.2) is 0 Å². The number of aromatic hydroxyl groups is 1. The van der Waals surface area contributed by atoms with Crippen molar-refractivity contribution in [2.45, 2.75) is 5.03 Å². The monoisotopic (exact) mass is 317 g/mol. The lowest BCUT2D eigenvalue weighted by molar-refractivity contribution is 0.474. The maximum Gasteiger partial charge on any atom is 0.278 e. The Kier molecular flexibility index (Phi) is 3.07. The molecular weight excluding hydrogens is 310 g/mol. The number of H-pyrrole nitrogens is 1. The molecule has 0 fully saturated rings. The van der Waals surface area contributed by atoms with Crippen LogP contribution in [0.5, 0.6) is 5.75 Å². The number of hydrogen-bond donors (Lipinski definition) is 3. The van der Waals surface area contributed by atoms with Crippen LogP contribution in [0.4, 0.5) is 5.69 Å². The van der Waals surface area contributed by atoms with Crippen molar-refractivity contribution >= 4 is 31.6 Å². The Bertz CT molecular complexity index is 625. The Morgan fingerprint density at radius 2 is 2.12 bits per heavy atom. The van der Waals surface area contributed by atoms with E-state index >= 15 is 0 Å². The molecule has 0 aliphatic heterocycles. The van der Waals surface area contributed by atoms with Crippen molar-refractivity contribution < 1.29 is 13.5 Å². The Labute approximate surface area is 106 Å². The summed E-state index contributed by atoms with van der Waals surface area (Å²) in [4.78, 5) is 0. The molecule has 0 amide bonds. The van der Waals surface area contributed by atoms with E-state index in [0.717, 1.165) is 0 Å². The Morgan fingerprint density at radius 1 is 1.35 bits per heavy atom. The molecule has 2 aromatic rings.